The number of aliphatic hydroxyl groups is 1. The quantitative estimate of drug-likeness (QED) is 0.789. The normalized spacial score (nSPS) is 17.0. The second kappa shape index (κ2) is 2.62. The van der Waals surface area contributed by atoms with Crippen molar-refractivity contribution in [2.24, 2.45) is 0 Å². The average Bonchev–Trinajstić information content (AvgIpc) is 2.00. The molecule has 0 atom stereocenters. The summed E-state index contributed by atoms with van der Waals surface area (Å²) in [7, 11) is -9.78. The maximum absolute atomic E-state index is 12.6. The third-order valence-corrected chi connectivity index (χ3v) is 2.78. The third-order valence-electron chi connectivity index (χ3n) is 1.63. The maximum Gasteiger partial charge on any atom is 0.310 e. The van der Waals surface area contributed by atoms with Gasteiger partial charge in [-0.15, -0.1) is 0 Å². The molecular formula is C7H6F6OS. The van der Waals surface area contributed by atoms with Crippen LogP contribution in [-0.2, 0) is 6.61 Å². The highest BCUT2D eigenvalue weighted by atomic mass is 32.5. The molecule has 0 heterocycles. The van der Waals surface area contributed by atoms with Crippen molar-refractivity contribution in [1.82, 2.24) is 0 Å². The van der Waals surface area contributed by atoms with Crippen molar-refractivity contribution >= 4 is 10.2 Å². The van der Waals surface area contributed by atoms with E-state index in [1.165, 1.54) is 0 Å². The van der Waals surface area contributed by atoms with Crippen molar-refractivity contribution in [2.75, 3.05) is 0 Å². The van der Waals surface area contributed by atoms with Gasteiger partial charge in [0.05, 0.1) is 6.61 Å². The van der Waals surface area contributed by atoms with Crippen LogP contribution in [0.4, 0.5) is 23.8 Å². The van der Waals surface area contributed by atoms with E-state index in [4.69, 9.17) is 5.11 Å². The van der Waals surface area contributed by atoms with Gasteiger partial charge in [-0.3, -0.25) is 0 Å². The molecule has 1 rings (SSSR count). The van der Waals surface area contributed by atoms with E-state index in [-0.39, 0.29) is 18.2 Å². The van der Waals surface area contributed by atoms with Gasteiger partial charge in [0.1, 0.15) is 10.7 Å². The van der Waals surface area contributed by atoms with Crippen LogP contribution in [0.2, 0.25) is 0 Å². The average molecular weight is 252 g/mol. The lowest BCUT2D eigenvalue weighted by Gasteiger charge is -2.40. The minimum absolute atomic E-state index is 0.0456. The molecule has 1 N–H and O–H groups in total. The van der Waals surface area contributed by atoms with Crippen LogP contribution in [0.1, 0.15) is 5.56 Å². The molecule has 0 fully saturated rings. The molecule has 0 aliphatic carbocycles. The number of benzene rings is 1. The van der Waals surface area contributed by atoms with Crippen LogP contribution < -0.4 is 0 Å². The summed E-state index contributed by atoms with van der Waals surface area (Å²) in [6, 6.07) is 0.117. The highest BCUT2D eigenvalue weighted by Crippen LogP contribution is 3.02. The van der Waals surface area contributed by atoms with E-state index < -0.39 is 33.1 Å². The second-order valence-corrected chi connectivity index (χ2v) is 5.29. The molecule has 1 aromatic carbocycles. The van der Waals surface area contributed by atoms with Gasteiger partial charge in [-0.25, -0.2) is 4.39 Å². The van der Waals surface area contributed by atoms with Crippen LogP contribution in [0.5, 0.6) is 0 Å². The first-order chi connectivity index (χ1) is 6.44. The maximum atomic E-state index is 12.6. The van der Waals surface area contributed by atoms with Crippen LogP contribution in [-0.4, -0.2) is 5.11 Å². The SMILES string of the molecule is OCc1cc(S(F)(F)(F)(F)F)ccc1F. The molecule has 0 unspecified atom stereocenters. The van der Waals surface area contributed by atoms with Gasteiger partial charge < -0.3 is 5.11 Å². The minimum atomic E-state index is -9.78. The molecule has 1 aromatic rings. The van der Waals surface area contributed by atoms with Crippen molar-refractivity contribution in [1.29, 1.82) is 0 Å². The predicted molar refractivity (Wildman–Crippen MR) is 43.7 cm³/mol. The zero-order valence-corrected chi connectivity index (χ0v) is 7.88. The zero-order chi connectivity index (χ0) is 12.0. The molecule has 0 aliphatic rings. The molecule has 0 bridgehead atoms. The fraction of sp³-hybridized carbons (Fsp3) is 0.143. The van der Waals surface area contributed by atoms with Crippen LogP contribution in [0.15, 0.2) is 23.1 Å². The fourth-order valence-electron chi connectivity index (χ4n) is 0.912. The lowest BCUT2D eigenvalue weighted by molar-refractivity contribution is 0.275. The van der Waals surface area contributed by atoms with Crippen LogP contribution in [0, 0.1) is 5.82 Å². The van der Waals surface area contributed by atoms with Gasteiger partial charge in [-0.05, 0) is 18.2 Å². The van der Waals surface area contributed by atoms with Crippen molar-refractivity contribution in [3.8, 4) is 0 Å². The van der Waals surface area contributed by atoms with E-state index in [2.05, 4.69) is 0 Å². The van der Waals surface area contributed by atoms with E-state index in [0.717, 1.165) is 0 Å². The molecule has 88 valence electrons. The first-order valence-electron chi connectivity index (χ1n) is 3.57. The highest BCUT2D eigenvalue weighted by Gasteiger charge is 2.65. The summed E-state index contributed by atoms with van der Waals surface area (Å²) < 4.78 is 73.6. The number of hydrogen-bond acceptors (Lipinski definition) is 1. The summed E-state index contributed by atoms with van der Waals surface area (Å²) in [5.41, 5.74) is -0.819. The smallest absolute Gasteiger partial charge is 0.310 e. The monoisotopic (exact) mass is 252 g/mol. The Labute approximate surface area is 81.1 Å². The molecule has 0 saturated carbocycles. The third kappa shape index (κ3) is 2.78. The molecular weight excluding hydrogens is 246 g/mol. The van der Waals surface area contributed by atoms with Crippen molar-refractivity contribution in [3.63, 3.8) is 0 Å². The van der Waals surface area contributed by atoms with Crippen molar-refractivity contribution < 1.29 is 28.9 Å². The number of halogens is 6. The van der Waals surface area contributed by atoms with E-state index in [9.17, 15) is 23.8 Å². The zero-order valence-electron chi connectivity index (χ0n) is 7.06. The Kier molecular flexibility index (Phi) is 2.12. The van der Waals surface area contributed by atoms with Gasteiger partial charge in [0.25, 0.3) is 0 Å². The molecule has 0 aromatic heterocycles. The van der Waals surface area contributed by atoms with Gasteiger partial charge in [0, 0.05) is 5.56 Å². The standard InChI is InChI=1S/C7H6F6OS/c8-7-2-1-6(3-5(7)4-14)15(9,10,11,12)13/h1-3,14H,4H2. The van der Waals surface area contributed by atoms with Crippen LogP contribution >= 0.6 is 10.2 Å². The summed E-state index contributed by atoms with van der Waals surface area (Å²) in [5, 5.41) is 8.44. The summed E-state index contributed by atoms with van der Waals surface area (Å²) in [5.74, 6) is -1.16. The van der Waals surface area contributed by atoms with Gasteiger partial charge in [0.2, 0.25) is 0 Å². The van der Waals surface area contributed by atoms with Gasteiger partial charge in [-0.1, -0.05) is 19.4 Å². The van der Waals surface area contributed by atoms with Crippen LogP contribution in [0.25, 0.3) is 0 Å². The molecule has 0 spiro atoms. The Morgan fingerprint density at radius 3 is 2.00 bits per heavy atom. The highest BCUT2D eigenvalue weighted by molar-refractivity contribution is 8.45. The predicted octanol–water partition coefficient (Wildman–Crippen LogP) is 3.98. The summed E-state index contributed by atoms with van der Waals surface area (Å²) in [6.07, 6.45) is 0. The van der Waals surface area contributed by atoms with E-state index in [1.54, 1.807) is 0 Å². The van der Waals surface area contributed by atoms with E-state index in [0.29, 0.717) is 0 Å². The Morgan fingerprint density at radius 2 is 1.60 bits per heavy atom. The molecule has 15 heavy (non-hydrogen) atoms. The Morgan fingerprint density at radius 1 is 1.07 bits per heavy atom. The fourth-order valence-corrected chi connectivity index (χ4v) is 1.60. The first kappa shape index (κ1) is 12.2. The molecule has 1 nitrogen and oxygen atoms in total. The molecule has 0 aliphatic heterocycles. The summed E-state index contributed by atoms with van der Waals surface area (Å²) >= 11 is 0. The van der Waals surface area contributed by atoms with E-state index >= 15 is 0 Å². The van der Waals surface area contributed by atoms with Crippen molar-refractivity contribution in [3.05, 3.63) is 29.6 Å². The van der Waals surface area contributed by atoms with Crippen LogP contribution in [0.3, 0.4) is 0 Å². The largest absolute Gasteiger partial charge is 0.392 e. The van der Waals surface area contributed by atoms with E-state index in [1.807, 2.05) is 0 Å². The Hall–Kier alpha value is -0.890. The lowest BCUT2D eigenvalue weighted by atomic mass is 10.2. The lowest BCUT2D eigenvalue weighted by Crippen LogP contribution is -2.07. The molecule has 8 heteroatoms. The molecule has 0 amide bonds. The Balaban J connectivity index is 3.44. The molecule has 0 radical (unpaired) electrons. The number of rotatable bonds is 2. The number of hydrogen-bond donors (Lipinski definition) is 1. The summed E-state index contributed by atoms with van der Waals surface area (Å²) in [6.45, 7) is -1.08. The Bertz CT molecular complexity index is 397. The molecule has 0 saturated heterocycles. The van der Waals surface area contributed by atoms with Gasteiger partial charge in [-0.2, -0.15) is 0 Å². The van der Waals surface area contributed by atoms with Gasteiger partial charge in [0.15, 0.2) is 0 Å². The summed E-state index contributed by atoms with van der Waals surface area (Å²) in [4.78, 5) is -2.21. The minimum Gasteiger partial charge on any atom is -0.392 e. The first-order valence-corrected chi connectivity index (χ1v) is 5.52. The van der Waals surface area contributed by atoms with Gasteiger partial charge >= 0.3 is 10.2 Å². The second-order valence-electron chi connectivity index (χ2n) is 2.88. The topological polar surface area (TPSA) is 20.2 Å². The van der Waals surface area contributed by atoms with Crippen molar-refractivity contribution in [2.45, 2.75) is 11.5 Å². The number of aliphatic hydroxyl groups excluding tert-OH is 1.